The molecule has 0 aliphatic rings. The van der Waals surface area contributed by atoms with E-state index in [2.05, 4.69) is 10.6 Å². The van der Waals surface area contributed by atoms with Gasteiger partial charge >= 0.3 is 11.9 Å². The Labute approximate surface area is 149 Å². The van der Waals surface area contributed by atoms with Crippen molar-refractivity contribution in [3.05, 3.63) is 35.9 Å². The zero-order valence-electron chi connectivity index (χ0n) is 13.8. The molecule has 0 aliphatic carbocycles. The van der Waals surface area contributed by atoms with E-state index in [1.165, 1.54) is 0 Å². The minimum atomic E-state index is -1.46. The molecule has 0 spiro atoms. The van der Waals surface area contributed by atoms with Gasteiger partial charge in [0.1, 0.15) is 12.1 Å². The van der Waals surface area contributed by atoms with Gasteiger partial charge < -0.3 is 31.7 Å². The highest BCUT2D eigenvalue weighted by Crippen LogP contribution is 2.04. The van der Waals surface area contributed by atoms with E-state index in [1.54, 1.807) is 30.3 Å². The predicted octanol–water partition coefficient (Wildman–Crippen LogP) is -1.92. The first-order valence-electron chi connectivity index (χ1n) is 7.70. The number of nitrogens with one attached hydrogen (secondary N) is 2. The zero-order chi connectivity index (χ0) is 19.7. The molecule has 0 radical (unpaired) electrons. The quantitative estimate of drug-likeness (QED) is 0.277. The summed E-state index contributed by atoms with van der Waals surface area (Å²) in [5.74, 6) is -4.46. The van der Waals surface area contributed by atoms with Crippen LogP contribution in [0, 0.1) is 0 Å². The Morgan fingerprint density at radius 3 is 2.04 bits per heavy atom. The van der Waals surface area contributed by atoms with Crippen LogP contribution in [0.4, 0.5) is 0 Å². The Kier molecular flexibility index (Phi) is 8.19. The first kappa shape index (κ1) is 21.1. The molecule has 0 fully saturated rings. The van der Waals surface area contributed by atoms with Gasteiger partial charge in [-0.15, -0.1) is 0 Å². The maximum atomic E-state index is 12.2. The Bertz CT molecular complexity index is 651. The fourth-order valence-electron chi connectivity index (χ4n) is 2.08. The third kappa shape index (κ3) is 6.87. The predicted molar refractivity (Wildman–Crippen MR) is 89.0 cm³/mol. The van der Waals surface area contributed by atoms with Crippen LogP contribution in [0.5, 0.6) is 0 Å². The lowest BCUT2D eigenvalue weighted by Crippen LogP contribution is -2.56. The summed E-state index contributed by atoms with van der Waals surface area (Å²) >= 11 is 0. The standard InChI is InChI=1S/C16H21N3O7/c17-10(7-13(21)22)14(23)19-12(8-20)15(24)18-11(16(25)26)6-9-4-2-1-3-5-9/h1-5,10-12,20H,6-8,17H2,(H,18,24)(H,19,23)(H,21,22)(H,25,26)/t10-,11+,12-/m0/s1. The fraction of sp³-hybridized carbons (Fsp3) is 0.375. The number of aliphatic carboxylic acids is 2. The number of carboxylic acid groups (broad SMARTS) is 2. The van der Waals surface area contributed by atoms with E-state index in [0.29, 0.717) is 5.56 Å². The number of amides is 2. The van der Waals surface area contributed by atoms with E-state index < -0.39 is 54.9 Å². The number of hydrogen-bond acceptors (Lipinski definition) is 6. The lowest BCUT2D eigenvalue weighted by atomic mass is 10.1. The Morgan fingerprint density at radius 1 is 0.962 bits per heavy atom. The normalized spacial score (nSPS) is 13.9. The minimum Gasteiger partial charge on any atom is -0.481 e. The molecule has 0 bridgehead atoms. The molecule has 1 rings (SSSR count). The third-order valence-corrected chi connectivity index (χ3v) is 3.44. The van der Waals surface area contributed by atoms with Crippen LogP contribution in [0.3, 0.4) is 0 Å². The number of rotatable bonds is 10. The van der Waals surface area contributed by atoms with Gasteiger partial charge in [0.25, 0.3) is 0 Å². The molecule has 0 saturated heterocycles. The third-order valence-electron chi connectivity index (χ3n) is 3.44. The van der Waals surface area contributed by atoms with E-state index in [9.17, 15) is 29.4 Å². The van der Waals surface area contributed by atoms with Crippen molar-refractivity contribution >= 4 is 23.8 Å². The molecular formula is C16H21N3O7. The highest BCUT2D eigenvalue weighted by atomic mass is 16.4. The number of carbonyl (C=O) groups is 4. The topological polar surface area (TPSA) is 179 Å². The maximum absolute atomic E-state index is 12.2. The molecule has 7 N–H and O–H groups in total. The van der Waals surface area contributed by atoms with Crippen molar-refractivity contribution in [2.75, 3.05) is 6.61 Å². The SMILES string of the molecule is N[C@@H](CC(=O)O)C(=O)N[C@@H](CO)C(=O)N[C@H](Cc1ccccc1)C(=O)O. The summed E-state index contributed by atoms with van der Waals surface area (Å²) in [5, 5.41) is 31.5. The van der Waals surface area contributed by atoms with Gasteiger partial charge in [-0.25, -0.2) is 4.79 Å². The van der Waals surface area contributed by atoms with Gasteiger partial charge in [0.05, 0.1) is 19.1 Å². The molecule has 142 valence electrons. The second-order valence-corrected chi connectivity index (χ2v) is 5.54. The van der Waals surface area contributed by atoms with Crippen molar-refractivity contribution in [3.63, 3.8) is 0 Å². The molecule has 26 heavy (non-hydrogen) atoms. The smallest absolute Gasteiger partial charge is 0.326 e. The van der Waals surface area contributed by atoms with Crippen molar-refractivity contribution in [1.29, 1.82) is 0 Å². The largest absolute Gasteiger partial charge is 0.481 e. The van der Waals surface area contributed by atoms with Crippen molar-refractivity contribution in [1.82, 2.24) is 10.6 Å². The second kappa shape index (κ2) is 10.1. The zero-order valence-corrected chi connectivity index (χ0v) is 13.8. The Balaban J connectivity index is 2.71. The van der Waals surface area contributed by atoms with Crippen molar-refractivity contribution in [2.24, 2.45) is 5.73 Å². The van der Waals surface area contributed by atoms with Crippen molar-refractivity contribution in [3.8, 4) is 0 Å². The summed E-state index contributed by atoms with van der Waals surface area (Å²) in [6.45, 7) is -0.810. The van der Waals surface area contributed by atoms with Gasteiger partial charge in [-0.1, -0.05) is 30.3 Å². The lowest BCUT2D eigenvalue weighted by molar-refractivity contribution is -0.143. The number of hydrogen-bond donors (Lipinski definition) is 6. The summed E-state index contributed by atoms with van der Waals surface area (Å²) in [6.07, 6.45) is -0.649. The molecular weight excluding hydrogens is 346 g/mol. The molecule has 0 aromatic heterocycles. The highest BCUT2D eigenvalue weighted by molar-refractivity contribution is 5.93. The summed E-state index contributed by atoms with van der Waals surface area (Å²) in [6, 6.07) is 4.44. The molecule has 0 heterocycles. The second-order valence-electron chi connectivity index (χ2n) is 5.54. The van der Waals surface area contributed by atoms with Gasteiger partial charge in [-0.2, -0.15) is 0 Å². The number of benzene rings is 1. The molecule has 0 saturated carbocycles. The van der Waals surface area contributed by atoms with Gasteiger partial charge in [-0.3, -0.25) is 14.4 Å². The number of carbonyl (C=O) groups excluding carboxylic acids is 2. The molecule has 0 unspecified atom stereocenters. The van der Waals surface area contributed by atoms with Crippen LogP contribution in [0.15, 0.2) is 30.3 Å². The molecule has 1 aromatic rings. The van der Waals surface area contributed by atoms with E-state index in [0.717, 1.165) is 0 Å². The minimum absolute atomic E-state index is 0.00648. The van der Waals surface area contributed by atoms with Crippen LogP contribution in [0.25, 0.3) is 0 Å². The van der Waals surface area contributed by atoms with Crippen molar-refractivity contribution in [2.45, 2.75) is 31.0 Å². The van der Waals surface area contributed by atoms with Gasteiger partial charge in [0, 0.05) is 6.42 Å². The molecule has 0 aliphatic heterocycles. The number of carboxylic acids is 2. The van der Waals surface area contributed by atoms with E-state index in [-0.39, 0.29) is 6.42 Å². The molecule has 10 nitrogen and oxygen atoms in total. The number of nitrogens with two attached hydrogens (primary N) is 1. The van der Waals surface area contributed by atoms with Gasteiger partial charge in [0.15, 0.2) is 0 Å². The Hall–Kier alpha value is -2.98. The fourth-order valence-corrected chi connectivity index (χ4v) is 2.08. The molecule has 2 amide bonds. The monoisotopic (exact) mass is 367 g/mol. The van der Waals surface area contributed by atoms with Crippen molar-refractivity contribution < 1.29 is 34.5 Å². The van der Waals surface area contributed by atoms with Crippen LogP contribution in [-0.2, 0) is 25.6 Å². The highest BCUT2D eigenvalue weighted by Gasteiger charge is 2.28. The maximum Gasteiger partial charge on any atom is 0.326 e. The molecule has 1 aromatic carbocycles. The van der Waals surface area contributed by atoms with Crippen LogP contribution in [0.1, 0.15) is 12.0 Å². The molecule has 10 heteroatoms. The summed E-state index contributed by atoms with van der Waals surface area (Å²) in [4.78, 5) is 45.8. The van der Waals surface area contributed by atoms with Crippen LogP contribution in [-0.4, -0.2) is 63.8 Å². The van der Waals surface area contributed by atoms with Gasteiger partial charge in [-0.05, 0) is 5.56 Å². The van der Waals surface area contributed by atoms with E-state index in [4.69, 9.17) is 10.8 Å². The first-order chi connectivity index (χ1) is 12.2. The van der Waals surface area contributed by atoms with Crippen LogP contribution < -0.4 is 16.4 Å². The van der Waals surface area contributed by atoms with Gasteiger partial charge in [0.2, 0.25) is 11.8 Å². The summed E-state index contributed by atoms with van der Waals surface area (Å²) in [7, 11) is 0. The Morgan fingerprint density at radius 2 is 1.54 bits per heavy atom. The van der Waals surface area contributed by atoms with E-state index >= 15 is 0 Å². The lowest BCUT2D eigenvalue weighted by Gasteiger charge is -2.21. The molecule has 3 atom stereocenters. The number of aliphatic hydroxyl groups is 1. The average molecular weight is 367 g/mol. The first-order valence-corrected chi connectivity index (χ1v) is 7.70. The summed E-state index contributed by atoms with van der Waals surface area (Å²) < 4.78 is 0. The number of aliphatic hydroxyl groups excluding tert-OH is 1. The van der Waals surface area contributed by atoms with Crippen LogP contribution >= 0.6 is 0 Å². The average Bonchev–Trinajstić information content (AvgIpc) is 2.58. The van der Waals surface area contributed by atoms with E-state index in [1.807, 2.05) is 0 Å². The summed E-state index contributed by atoms with van der Waals surface area (Å²) in [5.41, 5.74) is 6.05. The van der Waals surface area contributed by atoms with Crippen LogP contribution in [0.2, 0.25) is 0 Å².